The molecule has 0 aliphatic carbocycles. The van der Waals surface area contributed by atoms with E-state index in [0.29, 0.717) is 28.1 Å². The van der Waals surface area contributed by atoms with Crippen molar-refractivity contribution >= 4 is 41.2 Å². The molecular formula is C15H17Cl2NO3. The Bertz CT molecular complexity index is 542. The minimum atomic E-state index is -0.610. The van der Waals surface area contributed by atoms with E-state index < -0.39 is 5.97 Å². The Hall–Kier alpha value is -1.52. The summed E-state index contributed by atoms with van der Waals surface area (Å²) in [6.07, 6.45) is 2.72. The molecule has 1 N–H and O–H groups in total. The highest BCUT2D eigenvalue weighted by atomic mass is 35.5. The highest BCUT2D eigenvalue weighted by Crippen LogP contribution is 2.21. The van der Waals surface area contributed by atoms with E-state index in [1.807, 2.05) is 13.8 Å². The lowest BCUT2D eigenvalue weighted by Gasteiger charge is -2.07. The molecule has 6 heteroatoms. The zero-order valence-corrected chi connectivity index (χ0v) is 13.4. The minimum absolute atomic E-state index is 0.301. The number of rotatable bonds is 6. The predicted octanol–water partition coefficient (Wildman–Crippen LogP) is 3.32. The van der Waals surface area contributed by atoms with Crippen molar-refractivity contribution in [2.75, 3.05) is 13.2 Å². The van der Waals surface area contributed by atoms with Gasteiger partial charge in [-0.3, -0.25) is 4.79 Å². The molecule has 0 unspecified atom stereocenters. The number of benzene rings is 1. The molecule has 1 aromatic rings. The largest absolute Gasteiger partial charge is 0.452 e. The number of hydrogen-bond donors (Lipinski definition) is 1. The van der Waals surface area contributed by atoms with Crippen LogP contribution in [0, 0.1) is 5.92 Å². The first-order valence-corrected chi connectivity index (χ1v) is 7.20. The van der Waals surface area contributed by atoms with Crippen molar-refractivity contribution in [3.05, 3.63) is 39.9 Å². The van der Waals surface area contributed by atoms with Gasteiger partial charge in [0.25, 0.3) is 5.91 Å². The van der Waals surface area contributed by atoms with Gasteiger partial charge in [-0.25, -0.2) is 4.79 Å². The Kier molecular flexibility index (Phi) is 7.26. The van der Waals surface area contributed by atoms with E-state index in [-0.39, 0.29) is 12.5 Å². The third kappa shape index (κ3) is 7.16. The highest BCUT2D eigenvalue weighted by molar-refractivity contribution is 6.35. The Morgan fingerprint density at radius 2 is 2.05 bits per heavy atom. The Labute approximate surface area is 134 Å². The first-order valence-electron chi connectivity index (χ1n) is 6.45. The van der Waals surface area contributed by atoms with Gasteiger partial charge in [-0.1, -0.05) is 43.1 Å². The van der Waals surface area contributed by atoms with Crippen LogP contribution in [-0.2, 0) is 14.3 Å². The zero-order valence-electron chi connectivity index (χ0n) is 11.9. The van der Waals surface area contributed by atoms with E-state index in [2.05, 4.69) is 5.32 Å². The fourth-order valence-corrected chi connectivity index (χ4v) is 1.82. The summed E-state index contributed by atoms with van der Waals surface area (Å²) in [6.45, 7) is 4.20. The van der Waals surface area contributed by atoms with Crippen molar-refractivity contribution in [1.29, 1.82) is 0 Å². The summed E-state index contributed by atoms with van der Waals surface area (Å²) >= 11 is 11.7. The van der Waals surface area contributed by atoms with Gasteiger partial charge in [-0.2, -0.15) is 0 Å². The summed E-state index contributed by atoms with van der Waals surface area (Å²) in [7, 11) is 0. The lowest BCUT2D eigenvalue weighted by atomic mass is 10.2. The summed E-state index contributed by atoms with van der Waals surface area (Å²) in [6, 6.07) is 4.93. The smallest absolute Gasteiger partial charge is 0.331 e. The molecule has 0 radical (unpaired) electrons. The van der Waals surface area contributed by atoms with Crippen LogP contribution in [0.1, 0.15) is 19.4 Å². The zero-order chi connectivity index (χ0) is 15.8. The molecule has 1 aromatic carbocycles. The monoisotopic (exact) mass is 329 g/mol. The number of carbonyl (C=O) groups excluding carboxylic acids is 2. The number of hydrogen-bond acceptors (Lipinski definition) is 3. The first-order chi connectivity index (χ1) is 9.88. The van der Waals surface area contributed by atoms with Crippen LogP contribution < -0.4 is 5.32 Å². The number of carbonyl (C=O) groups is 2. The molecule has 0 aromatic heterocycles. The first kappa shape index (κ1) is 17.5. The maximum Gasteiger partial charge on any atom is 0.331 e. The third-order valence-corrected chi connectivity index (χ3v) is 2.98. The summed E-state index contributed by atoms with van der Waals surface area (Å²) in [5, 5.41) is 3.60. The molecule has 0 fully saturated rings. The molecule has 1 rings (SSSR count). The lowest BCUT2D eigenvalue weighted by Crippen LogP contribution is -2.31. The highest BCUT2D eigenvalue weighted by Gasteiger charge is 2.05. The Balaban J connectivity index is 2.43. The molecule has 0 aliphatic heterocycles. The number of halogens is 2. The summed E-state index contributed by atoms with van der Waals surface area (Å²) in [4.78, 5) is 22.8. The molecule has 0 heterocycles. The molecule has 1 amide bonds. The van der Waals surface area contributed by atoms with Crippen LogP contribution in [0.3, 0.4) is 0 Å². The second-order valence-electron chi connectivity index (χ2n) is 4.80. The van der Waals surface area contributed by atoms with E-state index >= 15 is 0 Å². The molecule has 0 saturated heterocycles. The normalized spacial score (nSPS) is 10.9. The quantitative estimate of drug-likeness (QED) is 0.643. The van der Waals surface area contributed by atoms with Gasteiger partial charge in [0.05, 0.1) is 0 Å². The SMILES string of the molecule is CC(C)CNC(=O)COC(=O)C=Cc1ccc(Cl)cc1Cl. The van der Waals surface area contributed by atoms with Crippen molar-refractivity contribution in [3.8, 4) is 0 Å². The standard InChI is InChI=1S/C15H17Cl2NO3/c1-10(2)8-18-14(19)9-21-15(20)6-4-11-3-5-12(16)7-13(11)17/h3-7,10H,8-9H2,1-2H3,(H,18,19). The third-order valence-electron chi connectivity index (χ3n) is 2.41. The fourth-order valence-electron chi connectivity index (χ4n) is 1.35. The molecule has 0 spiro atoms. The van der Waals surface area contributed by atoms with Gasteiger partial charge in [-0.15, -0.1) is 0 Å². The lowest BCUT2D eigenvalue weighted by molar-refractivity contribution is -0.143. The molecule has 114 valence electrons. The topological polar surface area (TPSA) is 55.4 Å². The Morgan fingerprint density at radius 1 is 1.33 bits per heavy atom. The van der Waals surface area contributed by atoms with Crippen molar-refractivity contribution < 1.29 is 14.3 Å². The van der Waals surface area contributed by atoms with E-state index in [1.165, 1.54) is 12.2 Å². The number of esters is 1. The molecule has 0 saturated carbocycles. The van der Waals surface area contributed by atoms with Crippen LogP contribution in [0.15, 0.2) is 24.3 Å². The van der Waals surface area contributed by atoms with Crippen LogP contribution in [0.4, 0.5) is 0 Å². The summed E-state index contributed by atoms with van der Waals surface area (Å²) < 4.78 is 4.81. The van der Waals surface area contributed by atoms with Crippen LogP contribution in [0.5, 0.6) is 0 Å². The van der Waals surface area contributed by atoms with Gasteiger partial charge in [0.2, 0.25) is 0 Å². The maximum absolute atomic E-state index is 11.5. The minimum Gasteiger partial charge on any atom is -0.452 e. The molecule has 0 aliphatic rings. The van der Waals surface area contributed by atoms with Crippen molar-refractivity contribution in [2.24, 2.45) is 5.92 Å². The van der Waals surface area contributed by atoms with Crippen LogP contribution in [0.2, 0.25) is 10.0 Å². The van der Waals surface area contributed by atoms with Gasteiger partial charge < -0.3 is 10.1 Å². The van der Waals surface area contributed by atoms with Crippen molar-refractivity contribution in [1.82, 2.24) is 5.32 Å². The molecule has 0 atom stereocenters. The fraction of sp³-hybridized carbons (Fsp3) is 0.333. The summed E-state index contributed by atoms with van der Waals surface area (Å²) in [5.74, 6) is -0.590. The summed E-state index contributed by atoms with van der Waals surface area (Å²) in [5.41, 5.74) is 0.641. The van der Waals surface area contributed by atoms with Gasteiger partial charge >= 0.3 is 5.97 Å². The van der Waals surface area contributed by atoms with Crippen LogP contribution in [-0.4, -0.2) is 25.0 Å². The second-order valence-corrected chi connectivity index (χ2v) is 5.65. The number of ether oxygens (including phenoxy) is 1. The van der Waals surface area contributed by atoms with Crippen molar-refractivity contribution in [2.45, 2.75) is 13.8 Å². The van der Waals surface area contributed by atoms with Gasteiger partial charge in [-0.05, 0) is 29.7 Å². The number of amides is 1. The van der Waals surface area contributed by atoms with Gasteiger partial charge in [0.15, 0.2) is 6.61 Å². The molecule has 21 heavy (non-hydrogen) atoms. The molecule has 0 bridgehead atoms. The molecule has 4 nitrogen and oxygen atoms in total. The van der Waals surface area contributed by atoms with E-state index in [9.17, 15) is 9.59 Å². The van der Waals surface area contributed by atoms with Crippen LogP contribution >= 0.6 is 23.2 Å². The average Bonchev–Trinajstić information content (AvgIpc) is 2.41. The average molecular weight is 330 g/mol. The maximum atomic E-state index is 11.5. The van der Waals surface area contributed by atoms with Gasteiger partial charge in [0, 0.05) is 22.7 Å². The van der Waals surface area contributed by atoms with E-state index in [0.717, 1.165) is 0 Å². The predicted molar refractivity (Wildman–Crippen MR) is 84.3 cm³/mol. The number of nitrogens with one attached hydrogen (secondary N) is 1. The van der Waals surface area contributed by atoms with E-state index in [4.69, 9.17) is 27.9 Å². The molecular weight excluding hydrogens is 313 g/mol. The van der Waals surface area contributed by atoms with Crippen molar-refractivity contribution in [3.63, 3.8) is 0 Å². The van der Waals surface area contributed by atoms with E-state index in [1.54, 1.807) is 18.2 Å². The second kappa shape index (κ2) is 8.70. The Morgan fingerprint density at radius 3 is 2.67 bits per heavy atom. The van der Waals surface area contributed by atoms with Gasteiger partial charge in [0.1, 0.15) is 0 Å². The van der Waals surface area contributed by atoms with Crippen LogP contribution in [0.25, 0.3) is 6.08 Å².